The topological polar surface area (TPSA) is 74.8 Å². The summed E-state index contributed by atoms with van der Waals surface area (Å²) in [6.07, 6.45) is 0.240. The Balaban J connectivity index is 1.77. The SMILES string of the molecule is CC(=O)N1CCN(C(=O)C2Cc3ccccc3S2(=O)=O)CC1. The minimum absolute atomic E-state index is 0.0204. The monoisotopic (exact) mass is 322 g/mol. The van der Waals surface area contributed by atoms with Crippen LogP contribution in [0.25, 0.3) is 0 Å². The van der Waals surface area contributed by atoms with Crippen LogP contribution in [-0.4, -0.2) is 61.5 Å². The quantitative estimate of drug-likeness (QED) is 0.734. The number of carbonyl (C=O) groups excluding carboxylic acids is 2. The van der Waals surface area contributed by atoms with Gasteiger partial charge in [0.05, 0.1) is 4.90 Å². The first-order chi connectivity index (χ1) is 10.4. The highest BCUT2D eigenvalue weighted by Crippen LogP contribution is 2.32. The van der Waals surface area contributed by atoms with E-state index in [1.54, 1.807) is 34.1 Å². The highest BCUT2D eigenvalue weighted by atomic mass is 32.2. The van der Waals surface area contributed by atoms with Gasteiger partial charge in [-0.2, -0.15) is 0 Å². The number of amides is 2. The summed E-state index contributed by atoms with van der Waals surface area (Å²) >= 11 is 0. The van der Waals surface area contributed by atoms with Crippen molar-refractivity contribution in [1.29, 1.82) is 0 Å². The van der Waals surface area contributed by atoms with E-state index in [4.69, 9.17) is 0 Å². The average Bonchev–Trinajstić information content (AvgIpc) is 2.78. The van der Waals surface area contributed by atoms with Gasteiger partial charge in [-0.1, -0.05) is 18.2 Å². The Hall–Kier alpha value is -1.89. The molecular formula is C15H18N2O4S. The van der Waals surface area contributed by atoms with Gasteiger partial charge in [-0.15, -0.1) is 0 Å². The van der Waals surface area contributed by atoms with Crippen LogP contribution < -0.4 is 0 Å². The van der Waals surface area contributed by atoms with E-state index in [-0.39, 0.29) is 23.1 Å². The van der Waals surface area contributed by atoms with Gasteiger partial charge >= 0.3 is 0 Å². The van der Waals surface area contributed by atoms with Gasteiger partial charge in [0.1, 0.15) is 5.25 Å². The van der Waals surface area contributed by atoms with Crippen molar-refractivity contribution in [2.45, 2.75) is 23.5 Å². The lowest BCUT2D eigenvalue weighted by Gasteiger charge is -2.35. The molecule has 0 bridgehead atoms. The Morgan fingerprint density at radius 3 is 2.23 bits per heavy atom. The summed E-state index contributed by atoms with van der Waals surface area (Å²) in [4.78, 5) is 27.4. The standard InChI is InChI=1S/C15H18N2O4S/c1-11(18)16-6-8-17(9-7-16)15(19)14-10-12-4-2-3-5-13(12)22(14,20)21/h2-5,14H,6-10H2,1H3. The maximum atomic E-state index is 12.6. The molecule has 2 aliphatic rings. The fourth-order valence-electron chi connectivity index (χ4n) is 3.08. The molecule has 0 aromatic heterocycles. The lowest BCUT2D eigenvalue weighted by molar-refractivity contribution is -0.138. The molecule has 2 heterocycles. The molecule has 0 saturated carbocycles. The molecule has 1 fully saturated rings. The lowest BCUT2D eigenvalue weighted by atomic mass is 10.1. The number of carbonyl (C=O) groups is 2. The number of piperazine rings is 1. The van der Waals surface area contributed by atoms with Crippen molar-refractivity contribution in [3.63, 3.8) is 0 Å². The maximum Gasteiger partial charge on any atom is 0.241 e. The molecule has 2 aliphatic heterocycles. The molecule has 0 aliphatic carbocycles. The Kier molecular flexibility index (Phi) is 3.68. The summed E-state index contributed by atoms with van der Waals surface area (Å²) in [5, 5.41) is -1.02. The number of hydrogen-bond acceptors (Lipinski definition) is 4. The molecular weight excluding hydrogens is 304 g/mol. The minimum atomic E-state index is -3.60. The summed E-state index contributed by atoms with van der Waals surface area (Å²) in [5.74, 6) is -0.368. The van der Waals surface area contributed by atoms with Gasteiger partial charge in [0.2, 0.25) is 11.8 Å². The van der Waals surface area contributed by atoms with E-state index in [0.717, 1.165) is 0 Å². The van der Waals surface area contributed by atoms with Crippen LogP contribution in [0.2, 0.25) is 0 Å². The molecule has 3 rings (SSSR count). The second-order valence-electron chi connectivity index (χ2n) is 5.68. The molecule has 1 atom stereocenters. The maximum absolute atomic E-state index is 12.6. The zero-order valence-corrected chi connectivity index (χ0v) is 13.2. The molecule has 118 valence electrons. The molecule has 0 N–H and O–H groups in total. The zero-order valence-electron chi connectivity index (χ0n) is 12.4. The van der Waals surface area contributed by atoms with Crippen molar-refractivity contribution in [3.8, 4) is 0 Å². The van der Waals surface area contributed by atoms with Gasteiger partial charge in [0.15, 0.2) is 9.84 Å². The van der Waals surface area contributed by atoms with Gasteiger partial charge < -0.3 is 9.80 Å². The van der Waals surface area contributed by atoms with Crippen LogP contribution in [0.1, 0.15) is 12.5 Å². The minimum Gasteiger partial charge on any atom is -0.339 e. The molecule has 2 amide bonds. The summed E-state index contributed by atoms with van der Waals surface area (Å²) in [5.41, 5.74) is 0.711. The molecule has 0 spiro atoms. The molecule has 6 nitrogen and oxygen atoms in total. The van der Waals surface area contributed by atoms with Crippen LogP contribution >= 0.6 is 0 Å². The van der Waals surface area contributed by atoms with Crippen LogP contribution in [0.5, 0.6) is 0 Å². The molecule has 1 aromatic carbocycles. The molecule has 1 unspecified atom stereocenters. The van der Waals surface area contributed by atoms with Gasteiger partial charge in [0.25, 0.3) is 0 Å². The van der Waals surface area contributed by atoms with Crippen LogP contribution in [0.4, 0.5) is 0 Å². The smallest absolute Gasteiger partial charge is 0.241 e. The Morgan fingerprint density at radius 1 is 1.05 bits per heavy atom. The number of rotatable bonds is 1. The molecule has 7 heteroatoms. The van der Waals surface area contributed by atoms with Crippen molar-refractivity contribution in [2.75, 3.05) is 26.2 Å². The second kappa shape index (κ2) is 5.39. The zero-order chi connectivity index (χ0) is 15.9. The van der Waals surface area contributed by atoms with Gasteiger partial charge in [-0.3, -0.25) is 9.59 Å². The Labute approximate surface area is 129 Å². The predicted octanol–water partition coefficient (Wildman–Crippen LogP) is 0.0757. The fourth-order valence-corrected chi connectivity index (χ4v) is 4.98. The predicted molar refractivity (Wildman–Crippen MR) is 80.0 cm³/mol. The fraction of sp³-hybridized carbons (Fsp3) is 0.467. The van der Waals surface area contributed by atoms with Crippen molar-refractivity contribution >= 4 is 21.7 Å². The summed E-state index contributed by atoms with van der Waals surface area (Å²) in [6, 6.07) is 6.78. The number of nitrogens with zero attached hydrogens (tertiary/aromatic N) is 2. The first-order valence-corrected chi connectivity index (χ1v) is 8.82. The third kappa shape index (κ3) is 2.39. The van der Waals surface area contributed by atoms with E-state index in [1.165, 1.54) is 6.92 Å². The van der Waals surface area contributed by atoms with Crippen LogP contribution in [0, 0.1) is 0 Å². The largest absolute Gasteiger partial charge is 0.339 e. The van der Waals surface area contributed by atoms with Crippen molar-refractivity contribution in [2.24, 2.45) is 0 Å². The lowest BCUT2D eigenvalue weighted by Crippen LogP contribution is -2.53. The van der Waals surface area contributed by atoms with Gasteiger partial charge in [0, 0.05) is 33.1 Å². The first kappa shape index (κ1) is 15.0. The normalized spacial score (nSPS) is 23.2. The van der Waals surface area contributed by atoms with Crippen LogP contribution in [0.15, 0.2) is 29.2 Å². The third-order valence-electron chi connectivity index (χ3n) is 4.37. The number of benzene rings is 1. The van der Waals surface area contributed by atoms with E-state index < -0.39 is 15.1 Å². The molecule has 0 radical (unpaired) electrons. The first-order valence-electron chi connectivity index (χ1n) is 7.27. The highest BCUT2D eigenvalue weighted by Gasteiger charge is 2.43. The van der Waals surface area contributed by atoms with Crippen molar-refractivity contribution in [1.82, 2.24) is 9.80 Å². The van der Waals surface area contributed by atoms with E-state index in [2.05, 4.69) is 0 Å². The third-order valence-corrected chi connectivity index (χ3v) is 6.50. The van der Waals surface area contributed by atoms with E-state index in [1.807, 2.05) is 0 Å². The van der Waals surface area contributed by atoms with E-state index in [9.17, 15) is 18.0 Å². The molecule has 1 aromatic rings. The highest BCUT2D eigenvalue weighted by molar-refractivity contribution is 7.93. The molecule has 22 heavy (non-hydrogen) atoms. The second-order valence-corrected chi connectivity index (χ2v) is 7.78. The van der Waals surface area contributed by atoms with Crippen molar-refractivity contribution in [3.05, 3.63) is 29.8 Å². The van der Waals surface area contributed by atoms with E-state index >= 15 is 0 Å². The average molecular weight is 322 g/mol. The number of sulfone groups is 1. The summed E-state index contributed by atoms with van der Waals surface area (Å²) in [6.45, 7) is 3.19. The number of hydrogen-bond donors (Lipinski definition) is 0. The summed E-state index contributed by atoms with van der Waals surface area (Å²) in [7, 11) is -3.60. The van der Waals surface area contributed by atoms with Crippen LogP contribution in [0.3, 0.4) is 0 Å². The Morgan fingerprint density at radius 2 is 1.64 bits per heavy atom. The Bertz CT molecular complexity index is 721. The number of fused-ring (bicyclic) bond motifs is 1. The van der Waals surface area contributed by atoms with Gasteiger partial charge in [-0.25, -0.2) is 8.42 Å². The van der Waals surface area contributed by atoms with Gasteiger partial charge in [-0.05, 0) is 18.1 Å². The van der Waals surface area contributed by atoms with Crippen LogP contribution in [-0.2, 0) is 25.8 Å². The van der Waals surface area contributed by atoms with Crippen molar-refractivity contribution < 1.29 is 18.0 Å². The molecule has 1 saturated heterocycles. The van der Waals surface area contributed by atoms with E-state index in [0.29, 0.717) is 31.7 Å². The summed E-state index contributed by atoms with van der Waals surface area (Å²) < 4.78 is 25.1.